The summed E-state index contributed by atoms with van der Waals surface area (Å²) in [6.07, 6.45) is 2.96. The molecular formula is C16H19NO4. The van der Waals surface area contributed by atoms with Crippen molar-refractivity contribution < 1.29 is 19.1 Å². The Balaban J connectivity index is 1.81. The molecule has 0 aliphatic heterocycles. The lowest BCUT2D eigenvalue weighted by Crippen LogP contribution is -2.13. The third-order valence-corrected chi connectivity index (χ3v) is 3.43. The molecule has 0 heterocycles. The Kier molecular flexibility index (Phi) is 5.09. The minimum atomic E-state index is -0.305. The Hall–Kier alpha value is -2.17. The van der Waals surface area contributed by atoms with Crippen LogP contribution in [-0.4, -0.2) is 24.8 Å². The fourth-order valence-corrected chi connectivity index (χ4v) is 1.97. The summed E-state index contributed by atoms with van der Waals surface area (Å²) in [5, 5.41) is 2.82. The molecule has 21 heavy (non-hydrogen) atoms. The Bertz CT molecular complexity index is 532. The second-order valence-electron chi connectivity index (χ2n) is 5.19. The van der Waals surface area contributed by atoms with Gasteiger partial charge in [-0.15, -0.1) is 0 Å². The highest BCUT2D eigenvalue weighted by Crippen LogP contribution is 2.30. The molecule has 0 atom stereocenters. The van der Waals surface area contributed by atoms with Crippen LogP contribution in [-0.2, 0) is 14.3 Å². The maximum absolute atomic E-state index is 11.9. The lowest BCUT2D eigenvalue weighted by molar-refractivity contribution is -0.140. The number of esters is 1. The number of nitrogens with one attached hydrogen (secondary N) is 1. The van der Waals surface area contributed by atoms with E-state index in [-0.39, 0.29) is 30.0 Å². The van der Waals surface area contributed by atoms with Crippen LogP contribution in [0, 0.1) is 5.92 Å². The first-order valence-corrected chi connectivity index (χ1v) is 7.11. The van der Waals surface area contributed by atoms with Crippen molar-refractivity contribution in [1.29, 1.82) is 0 Å². The van der Waals surface area contributed by atoms with Crippen LogP contribution < -0.4 is 5.32 Å². The Morgan fingerprint density at radius 3 is 2.38 bits per heavy atom. The van der Waals surface area contributed by atoms with Gasteiger partial charge >= 0.3 is 5.97 Å². The van der Waals surface area contributed by atoms with Crippen molar-refractivity contribution in [2.24, 2.45) is 5.92 Å². The fraction of sp³-hybridized carbons (Fsp3) is 0.438. The smallest absolute Gasteiger partial charge is 0.305 e. The number of hydrogen-bond donors (Lipinski definition) is 1. The largest absolute Gasteiger partial charge is 0.469 e. The molecular weight excluding hydrogens is 270 g/mol. The molecule has 0 spiro atoms. The van der Waals surface area contributed by atoms with Crippen molar-refractivity contribution in [3.05, 3.63) is 29.8 Å². The predicted octanol–water partition coefficient (Wildman–Crippen LogP) is 2.56. The molecule has 2 rings (SSSR count). The van der Waals surface area contributed by atoms with Crippen LogP contribution in [0.5, 0.6) is 0 Å². The highest BCUT2D eigenvalue weighted by molar-refractivity contribution is 5.98. The minimum Gasteiger partial charge on any atom is -0.469 e. The molecule has 1 fully saturated rings. The van der Waals surface area contributed by atoms with Crippen molar-refractivity contribution in [2.45, 2.75) is 32.1 Å². The van der Waals surface area contributed by atoms with E-state index in [1.165, 1.54) is 7.11 Å². The number of Topliss-reactive ketones (excluding diaryl/α,β-unsaturated/α-hetero) is 1. The normalized spacial score (nSPS) is 13.6. The van der Waals surface area contributed by atoms with Crippen molar-refractivity contribution in [3.8, 4) is 0 Å². The summed E-state index contributed by atoms with van der Waals surface area (Å²) in [5.41, 5.74) is 1.29. The maximum Gasteiger partial charge on any atom is 0.305 e. The molecule has 1 aromatic rings. The summed E-state index contributed by atoms with van der Waals surface area (Å²) < 4.78 is 4.52. The lowest BCUT2D eigenvalue weighted by Gasteiger charge is -2.05. The van der Waals surface area contributed by atoms with E-state index in [4.69, 9.17) is 0 Å². The number of carbonyl (C=O) groups excluding carboxylic acids is 3. The molecule has 5 heteroatoms. The van der Waals surface area contributed by atoms with Crippen molar-refractivity contribution in [3.63, 3.8) is 0 Å². The van der Waals surface area contributed by atoms with Gasteiger partial charge in [0, 0.05) is 30.0 Å². The first kappa shape index (κ1) is 15.2. The van der Waals surface area contributed by atoms with E-state index in [2.05, 4.69) is 10.1 Å². The molecule has 1 saturated carbocycles. The molecule has 0 aromatic heterocycles. The van der Waals surface area contributed by atoms with Gasteiger partial charge < -0.3 is 10.1 Å². The molecule has 5 nitrogen and oxygen atoms in total. The van der Waals surface area contributed by atoms with Crippen LogP contribution >= 0.6 is 0 Å². The average molecular weight is 289 g/mol. The number of hydrogen-bond acceptors (Lipinski definition) is 4. The summed E-state index contributed by atoms with van der Waals surface area (Å²) >= 11 is 0. The van der Waals surface area contributed by atoms with E-state index in [9.17, 15) is 14.4 Å². The second kappa shape index (κ2) is 7.02. The predicted molar refractivity (Wildman–Crippen MR) is 78.0 cm³/mol. The quantitative estimate of drug-likeness (QED) is 0.618. The number of rotatable bonds is 7. The first-order chi connectivity index (χ1) is 10.1. The van der Waals surface area contributed by atoms with Gasteiger partial charge in [0.1, 0.15) is 0 Å². The number of ether oxygens (including phenoxy) is 1. The van der Waals surface area contributed by atoms with Gasteiger partial charge in [-0.3, -0.25) is 14.4 Å². The molecule has 1 amide bonds. The Morgan fingerprint density at radius 1 is 1.14 bits per heavy atom. The molecule has 0 radical (unpaired) electrons. The van der Waals surface area contributed by atoms with Crippen LogP contribution in [0.15, 0.2) is 24.3 Å². The zero-order valence-corrected chi connectivity index (χ0v) is 12.1. The van der Waals surface area contributed by atoms with E-state index in [1.807, 2.05) is 0 Å². The molecule has 1 aliphatic carbocycles. The molecule has 0 unspecified atom stereocenters. The van der Waals surface area contributed by atoms with Crippen LogP contribution in [0.3, 0.4) is 0 Å². The topological polar surface area (TPSA) is 72.5 Å². The van der Waals surface area contributed by atoms with Gasteiger partial charge in [0.2, 0.25) is 5.91 Å². The fourth-order valence-electron chi connectivity index (χ4n) is 1.97. The van der Waals surface area contributed by atoms with Crippen molar-refractivity contribution >= 4 is 23.3 Å². The Labute approximate surface area is 123 Å². The van der Waals surface area contributed by atoms with Gasteiger partial charge in [-0.2, -0.15) is 0 Å². The van der Waals surface area contributed by atoms with Crippen LogP contribution in [0.4, 0.5) is 5.69 Å². The standard InChI is InChI=1S/C16H19NO4/c1-21-15(19)4-2-3-14(18)11-7-9-13(10-8-11)17-16(20)12-5-6-12/h7-10,12H,2-6H2,1H3,(H,17,20). The molecule has 0 bridgehead atoms. The lowest BCUT2D eigenvalue weighted by atomic mass is 10.1. The van der Waals surface area contributed by atoms with Gasteiger partial charge in [-0.05, 0) is 43.5 Å². The van der Waals surface area contributed by atoms with Crippen LogP contribution in [0.25, 0.3) is 0 Å². The maximum atomic E-state index is 11.9. The third-order valence-electron chi connectivity index (χ3n) is 3.43. The highest BCUT2D eigenvalue weighted by Gasteiger charge is 2.29. The monoisotopic (exact) mass is 289 g/mol. The minimum absolute atomic E-state index is 0.0148. The second-order valence-corrected chi connectivity index (χ2v) is 5.19. The molecule has 112 valence electrons. The summed E-state index contributed by atoms with van der Waals surface area (Å²) in [6, 6.07) is 6.85. The molecule has 0 saturated heterocycles. The zero-order chi connectivity index (χ0) is 15.2. The SMILES string of the molecule is COC(=O)CCCC(=O)c1ccc(NC(=O)C2CC2)cc1. The highest BCUT2D eigenvalue weighted by atomic mass is 16.5. The number of amides is 1. The van der Waals surface area contributed by atoms with Gasteiger partial charge in [-0.25, -0.2) is 0 Å². The van der Waals surface area contributed by atoms with Gasteiger partial charge in [0.05, 0.1) is 7.11 Å². The zero-order valence-electron chi connectivity index (χ0n) is 12.1. The summed E-state index contributed by atoms with van der Waals surface area (Å²) in [5.74, 6) is -0.114. The summed E-state index contributed by atoms with van der Waals surface area (Å²) in [4.78, 5) is 34.5. The molecule has 1 aromatic carbocycles. The number of ketones is 1. The third kappa shape index (κ3) is 4.70. The average Bonchev–Trinajstić information content (AvgIpc) is 3.32. The van der Waals surface area contributed by atoms with E-state index in [1.54, 1.807) is 24.3 Å². The summed E-state index contributed by atoms with van der Waals surface area (Å²) in [6.45, 7) is 0. The van der Waals surface area contributed by atoms with E-state index in [0.29, 0.717) is 24.1 Å². The molecule has 1 aliphatic rings. The van der Waals surface area contributed by atoms with Crippen LogP contribution in [0.2, 0.25) is 0 Å². The van der Waals surface area contributed by atoms with Gasteiger partial charge in [-0.1, -0.05) is 0 Å². The van der Waals surface area contributed by atoms with Gasteiger partial charge in [0.25, 0.3) is 0 Å². The Morgan fingerprint density at radius 2 is 1.81 bits per heavy atom. The van der Waals surface area contributed by atoms with Crippen molar-refractivity contribution in [1.82, 2.24) is 0 Å². The molecule has 1 N–H and O–H groups in total. The number of benzene rings is 1. The van der Waals surface area contributed by atoms with E-state index >= 15 is 0 Å². The van der Waals surface area contributed by atoms with E-state index in [0.717, 1.165) is 12.8 Å². The number of anilines is 1. The van der Waals surface area contributed by atoms with Crippen LogP contribution in [0.1, 0.15) is 42.5 Å². The summed E-state index contributed by atoms with van der Waals surface area (Å²) in [7, 11) is 1.33. The van der Waals surface area contributed by atoms with Crippen molar-refractivity contribution in [2.75, 3.05) is 12.4 Å². The first-order valence-electron chi connectivity index (χ1n) is 7.11. The van der Waals surface area contributed by atoms with E-state index < -0.39 is 0 Å². The van der Waals surface area contributed by atoms with Gasteiger partial charge in [0.15, 0.2) is 5.78 Å². The number of carbonyl (C=O) groups is 3. The number of methoxy groups -OCH3 is 1.